The molecule has 0 aromatic heterocycles. The molecule has 0 saturated heterocycles. The molecule has 1 unspecified atom stereocenters. The molecule has 0 aliphatic heterocycles. The number of carbonyl (C=O) groups excluding carboxylic acids is 2. The number of hydrogen-bond donors (Lipinski definition) is 0. The highest BCUT2D eigenvalue weighted by Gasteiger charge is 2.43. The monoisotopic (exact) mass is 356 g/mol. The van der Waals surface area contributed by atoms with Gasteiger partial charge in [-0.1, -0.05) is 30.3 Å². The predicted molar refractivity (Wildman–Crippen MR) is 91.0 cm³/mol. The van der Waals surface area contributed by atoms with Gasteiger partial charge in [-0.05, 0) is 26.3 Å². The van der Waals surface area contributed by atoms with Crippen LogP contribution in [0.5, 0.6) is 0 Å². The Morgan fingerprint density at radius 2 is 1.58 bits per heavy atom. The van der Waals surface area contributed by atoms with Gasteiger partial charge in [0.15, 0.2) is 5.66 Å². The molecule has 0 spiro atoms. The van der Waals surface area contributed by atoms with Gasteiger partial charge in [0, 0.05) is 12.8 Å². The maximum atomic E-state index is 12.9. The average Bonchev–Trinajstić information content (AvgIpc) is 2.54. The Kier molecular flexibility index (Phi) is 8.90. The van der Waals surface area contributed by atoms with Crippen LogP contribution in [0.25, 0.3) is 0 Å². The third-order valence-electron chi connectivity index (χ3n) is 3.22. The SMILES string of the molecule is CCOC(=O)C(CC(=O)Cc1ccccc1)P(=O)(OCC)OCC. The van der Waals surface area contributed by atoms with Gasteiger partial charge in [0.2, 0.25) is 0 Å². The van der Waals surface area contributed by atoms with Crippen LogP contribution in [0.4, 0.5) is 0 Å². The van der Waals surface area contributed by atoms with E-state index in [0.29, 0.717) is 0 Å². The second kappa shape index (κ2) is 10.4. The van der Waals surface area contributed by atoms with Crippen molar-refractivity contribution >= 4 is 19.3 Å². The van der Waals surface area contributed by atoms with Crippen molar-refractivity contribution in [3.05, 3.63) is 35.9 Å². The molecule has 0 aliphatic rings. The fourth-order valence-electron chi connectivity index (χ4n) is 2.25. The zero-order valence-electron chi connectivity index (χ0n) is 14.4. The molecule has 1 aromatic carbocycles. The highest BCUT2D eigenvalue weighted by molar-refractivity contribution is 7.55. The normalized spacial score (nSPS) is 12.6. The summed E-state index contributed by atoms with van der Waals surface area (Å²) in [6.07, 6.45) is -0.0972. The van der Waals surface area contributed by atoms with E-state index in [-0.39, 0.29) is 38.4 Å². The first kappa shape index (κ1) is 20.6. The Hall–Kier alpha value is -1.49. The highest BCUT2D eigenvalue weighted by Crippen LogP contribution is 2.54. The summed E-state index contributed by atoms with van der Waals surface area (Å²) in [5, 5.41) is 0. The first-order chi connectivity index (χ1) is 11.5. The van der Waals surface area contributed by atoms with Gasteiger partial charge in [0.05, 0.1) is 19.8 Å². The Balaban J connectivity index is 2.94. The summed E-state index contributed by atoms with van der Waals surface area (Å²) in [6.45, 7) is 5.30. The molecule has 0 amide bonds. The second-order valence-electron chi connectivity index (χ2n) is 5.05. The molecule has 1 atom stereocenters. The fourth-order valence-corrected chi connectivity index (χ4v) is 4.17. The summed E-state index contributed by atoms with van der Waals surface area (Å²) in [4.78, 5) is 24.6. The number of esters is 1. The molecule has 134 valence electrons. The Morgan fingerprint density at radius 3 is 2.08 bits per heavy atom. The van der Waals surface area contributed by atoms with Crippen LogP contribution in [0.15, 0.2) is 30.3 Å². The predicted octanol–water partition coefficient (Wildman–Crippen LogP) is 3.39. The molecule has 0 fully saturated rings. The Bertz CT molecular complexity index is 562. The third kappa shape index (κ3) is 6.19. The smallest absolute Gasteiger partial charge is 0.345 e. The average molecular weight is 356 g/mol. The van der Waals surface area contributed by atoms with E-state index in [9.17, 15) is 14.2 Å². The van der Waals surface area contributed by atoms with Crippen LogP contribution >= 0.6 is 7.60 Å². The summed E-state index contributed by atoms with van der Waals surface area (Å²) >= 11 is 0. The standard InChI is InChI=1S/C17H25O6P/c1-4-21-17(19)16(24(20,22-5-2)23-6-3)13-15(18)12-14-10-8-7-9-11-14/h7-11,16H,4-6,12-13H2,1-3H3. The topological polar surface area (TPSA) is 78.9 Å². The number of ketones is 1. The summed E-state index contributed by atoms with van der Waals surface area (Å²) < 4.78 is 28.4. The lowest BCUT2D eigenvalue weighted by Gasteiger charge is -2.24. The van der Waals surface area contributed by atoms with Gasteiger partial charge < -0.3 is 13.8 Å². The van der Waals surface area contributed by atoms with Gasteiger partial charge in [-0.3, -0.25) is 14.2 Å². The van der Waals surface area contributed by atoms with Crippen molar-refractivity contribution in [1.82, 2.24) is 0 Å². The lowest BCUT2D eigenvalue weighted by Crippen LogP contribution is -2.29. The van der Waals surface area contributed by atoms with Crippen molar-refractivity contribution in [2.24, 2.45) is 0 Å². The number of rotatable bonds is 11. The molecule has 0 bridgehead atoms. The van der Waals surface area contributed by atoms with Crippen molar-refractivity contribution in [2.75, 3.05) is 19.8 Å². The van der Waals surface area contributed by atoms with Crippen LogP contribution in [0.3, 0.4) is 0 Å². The molecular weight excluding hydrogens is 331 g/mol. The maximum Gasteiger partial charge on any atom is 0.345 e. The maximum absolute atomic E-state index is 12.9. The van der Waals surface area contributed by atoms with E-state index in [4.69, 9.17) is 13.8 Å². The van der Waals surface area contributed by atoms with Gasteiger partial charge >= 0.3 is 13.6 Å². The molecule has 7 heteroatoms. The van der Waals surface area contributed by atoms with Gasteiger partial charge in [-0.25, -0.2) is 0 Å². The Morgan fingerprint density at radius 1 is 1.00 bits per heavy atom. The second-order valence-corrected chi connectivity index (χ2v) is 7.27. The van der Waals surface area contributed by atoms with Gasteiger partial charge in [-0.15, -0.1) is 0 Å². The van der Waals surface area contributed by atoms with E-state index in [0.717, 1.165) is 5.56 Å². The van der Waals surface area contributed by atoms with E-state index in [1.54, 1.807) is 20.8 Å². The van der Waals surface area contributed by atoms with Crippen molar-refractivity contribution in [1.29, 1.82) is 0 Å². The van der Waals surface area contributed by atoms with Crippen molar-refractivity contribution < 1.29 is 27.9 Å². The van der Waals surface area contributed by atoms with E-state index < -0.39 is 19.2 Å². The molecule has 1 aromatic rings. The van der Waals surface area contributed by atoms with E-state index >= 15 is 0 Å². The molecular formula is C17H25O6P. The number of benzene rings is 1. The van der Waals surface area contributed by atoms with E-state index in [2.05, 4.69) is 0 Å². The number of ether oxygens (including phenoxy) is 1. The zero-order valence-corrected chi connectivity index (χ0v) is 15.3. The molecule has 24 heavy (non-hydrogen) atoms. The van der Waals surface area contributed by atoms with Crippen LogP contribution in [-0.4, -0.2) is 37.2 Å². The minimum Gasteiger partial charge on any atom is -0.465 e. The summed E-state index contributed by atoms with van der Waals surface area (Å²) in [6, 6.07) is 9.16. The summed E-state index contributed by atoms with van der Waals surface area (Å²) in [5.41, 5.74) is -0.415. The van der Waals surface area contributed by atoms with Crippen molar-refractivity contribution in [2.45, 2.75) is 39.3 Å². The highest BCUT2D eigenvalue weighted by atomic mass is 31.2. The quantitative estimate of drug-likeness (QED) is 0.447. The molecule has 0 aliphatic carbocycles. The van der Waals surface area contributed by atoms with E-state index in [1.807, 2.05) is 30.3 Å². The number of Topliss-reactive ketones (excluding diaryl/α,β-unsaturated/α-hetero) is 1. The summed E-state index contributed by atoms with van der Waals surface area (Å²) in [5.74, 6) is -0.956. The van der Waals surface area contributed by atoms with Crippen molar-refractivity contribution in [3.8, 4) is 0 Å². The number of hydrogen-bond acceptors (Lipinski definition) is 6. The van der Waals surface area contributed by atoms with Gasteiger partial charge in [0.1, 0.15) is 5.78 Å². The van der Waals surface area contributed by atoms with Crippen LogP contribution in [-0.2, 0) is 34.4 Å². The van der Waals surface area contributed by atoms with Crippen LogP contribution in [0, 0.1) is 0 Å². The minimum atomic E-state index is -3.77. The molecule has 0 N–H and O–H groups in total. The zero-order chi connectivity index (χ0) is 18.0. The minimum absolute atomic E-state index is 0.111. The largest absolute Gasteiger partial charge is 0.465 e. The fraction of sp³-hybridized carbons (Fsp3) is 0.529. The Labute approximate surface area is 143 Å². The van der Waals surface area contributed by atoms with Crippen LogP contribution < -0.4 is 0 Å². The van der Waals surface area contributed by atoms with Crippen LogP contribution in [0.1, 0.15) is 32.8 Å². The van der Waals surface area contributed by atoms with Gasteiger partial charge in [-0.2, -0.15) is 0 Å². The first-order valence-corrected chi connectivity index (χ1v) is 9.69. The third-order valence-corrected chi connectivity index (χ3v) is 5.62. The van der Waals surface area contributed by atoms with Crippen molar-refractivity contribution in [3.63, 3.8) is 0 Å². The molecule has 0 heterocycles. The van der Waals surface area contributed by atoms with E-state index in [1.165, 1.54) is 0 Å². The van der Waals surface area contributed by atoms with Gasteiger partial charge in [0.25, 0.3) is 0 Å². The van der Waals surface area contributed by atoms with Crippen LogP contribution in [0.2, 0.25) is 0 Å². The molecule has 1 rings (SSSR count). The molecule has 0 radical (unpaired) electrons. The first-order valence-electron chi connectivity index (χ1n) is 8.07. The summed E-state index contributed by atoms with van der Waals surface area (Å²) in [7, 11) is -3.77. The molecule has 0 saturated carbocycles. The number of carbonyl (C=O) groups is 2. The lowest BCUT2D eigenvalue weighted by molar-refractivity contribution is -0.144. The lowest BCUT2D eigenvalue weighted by atomic mass is 10.1. The molecule has 6 nitrogen and oxygen atoms in total.